The number of methoxy groups -OCH3 is 1. The topological polar surface area (TPSA) is 79.9 Å². The second kappa shape index (κ2) is 5.69. The zero-order valence-electron chi connectivity index (χ0n) is 10.3. The summed E-state index contributed by atoms with van der Waals surface area (Å²) in [5.74, 6) is 0.640. The molecular formula is C13H12N4O2. The van der Waals surface area contributed by atoms with Crippen LogP contribution in [0, 0.1) is 11.3 Å². The molecule has 0 fully saturated rings. The van der Waals surface area contributed by atoms with E-state index in [0.717, 1.165) is 0 Å². The lowest BCUT2D eigenvalue weighted by atomic mass is 10.3. The van der Waals surface area contributed by atoms with E-state index < -0.39 is 0 Å². The van der Waals surface area contributed by atoms with E-state index >= 15 is 0 Å². The standard InChI is InChI=1S/C13H12N4O2/c1-19-11-4-2-3-10(7-11)16-13(18)9-17-6-5-15-12(17)8-14/h2-7H,9H2,1H3,(H,16,18). The Hall–Kier alpha value is -2.81. The van der Waals surface area contributed by atoms with Crippen molar-refractivity contribution in [3.8, 4) is 11.8 Å². The van der Waals surface area contributed by atoms with E-state index in [-0.39, 0.29) is 18.3 Å². The molecule has 0 aliphatic heterocycles. The summed E-state index contributed by atoms with van der Waals surface area (Å²) in [6.07, 6.45) is 3.07. The third-order valence-electron chi connectivity index (χ3n) is 2.48. The fourth-order valence-electron chi connectivity index (χ4n) is 1.61. The summed E-state index contributed by atoms with van der Waals surface area (Å²) in [5.41, 5.74) is 0.642. The van der Waals surface area contributed by atoms with Crippen molar-refractivity contribution in [2.24, 2.45) is 0 Å². The van der Waals surface area contributed by atoms with Crippen LogP contribution in [0.2, 0.25) is 0 Å². The van der Waals surface area contributed by atoms with Crippen LogP contribution >= 0.6 is 0 Å². The van der Waals surface area contributed by atoms with Crippen LogP contribution in [0.5, 0.6) is 5.75 Å². The van der Waals surface area contributed by atoms with E-state index in [2.05, 4.69) is 10.3 Å². The molecule has 1 aromatic heterocycles. The third-order valence-corrected chi connectivity index (χ3v) is 2.48. The number of hydrogen-bond acceptors (Lipinski definition) is 4. The smallest absolute Gasteiger partial charge is 0.244 e. The van der Waals surface area contributed by atoms with Crippen molar-refractivity contribution in [1.29, 1.82) is 5.26 Å². The normalized spacial score (nSPS) is 9.68. The van der Waals surface area contributed by atoms with E-state index in [4.69, 9.17) is 10.00 Å². The lowest BCUT2D eigenvalue weighted by Crippen LogP contribution is -2.19. The van der Waals surface area contributed by atoms with Crippen molar-refractivity contribution in [1.82, 2.24) is 9.55 Å². The molecule has 0 unspecified atom stereocenters. The first kappa shape index (κ1) is 12.6. The van der Waals surface area contributed by atoms with Crippen molar-refractivity contribution >= 4 is 11.6 Å². The minimum Gasteiger partial charge on any atom is -0.497 e. The maximum atomic E-state index is 11.8. The van der Waals surface area contributed by atoms with Crippen molar-refractivity contribution in [3.05, 3.63) is 42.5 Å². The van der Waals surface area contributed by atoms with Gasteiger partial charge in [0.25, 0.3) is 0 Å². The lowest BCUT2D eigenvalue weighted by Gasteiger charge is -2.07. The minimum atomic E-state index is -0.234. The fourth-order valence-corrected chi connectivity index (χ4v) is 1.61. The second-order valence-electron chi connectivity index (χ2n) is 3.77. The maximum Gasteiger partial charge on any atom is 0.244 e. The summed E-state index contributed by atoms with van der Waals surface area (Å²) >= 11 is 0. The van der Waals surface area contributed by atoms with Gasteiger partial charge in [0.05, 0.1) is 7.11 Å². The van der Waals surface area contributed by atoms with Crippen LogP contribution in [-0.2, 0) is 11.3 Å². The van der Waals surface area contributed by atoms with Gasteiger partial charge in [0.1, 0.15) is 18.4 Å². The highest BCUT2D eigenvalue weighted by atomic mass is 16.5. The molecule has 1 N–H and O–H groups in total. The van der Waals surface area contributed by atoms with E-state index in [0.29, 0.717) is 11.4 Å². The summed E-state index contributed by atoms with van der Waals surface area (Å²) in [5, 5.41) is 11.5. The Morgan fingerprint density at radius 1 is 1.58 bits per heavy atom. The quantitative estimate of drug-likeness (QED) is 0.896. The number of ether oxygens (including phenoxy) is 1. The Kier molecular flexibility index (Phi) is 3.78. The van der Waals surface area contributed by atoms with Crippen molar-refractivity contribution in [2.75, 3.05) is 12.4 Å². The highest BCUT2D eigenvalue weighted by Crippen LogP contribution is 2.16. The van der Waals surface area contributed by atoms with Gasteiger partial charge in [0, 0.05) is 24.1 Å². The van der Waals surface area contributed by atoms with Gasteiger partial charge in [0.2, 0.25) is 11.7 Å². The zero-order valence-corrected chi connectivity index (χ0v) is 10.3. The summed E-state index contributed by atoms with van der Waals surface area (Å²) < 4.78 is 6.55. The average Bonchev–Trinajstić information content (AvgIpc) is 2.86. The summed E-state index contributed by atoms with van der Waals surface area (Å²) in [4.78, 5) is 15.7. The first-order valence-electron chi connectivity index (χ1n) is 5.58. The van der Waals surface area contributed by atoms with Crippen LogP contribution in [0.1, 0.15) is 5.82 Å². The molecule has 1 heterocycles. The van der Waals surface area contributed by atoms with E-state index in [1.165, 1.54) is 10.8 Å². The zero-order chi connectivity index (χ0) is 13.7. The molecule has 6 nitrogen and oxygen atoms in total. The van der Waals surface area contributed by atoms with E-state index in [9.17, 15) is 4.79 Å². The number of amides is 1. The maximum absolute atomic E-state index is 11.8. The van der Waals surface area contributed by atoms with Crippen LogP contribution in [0.4, 0.5) is 5.69 Å². The third kappa shape index (κ3) is 3.10. The number of hydrogen-bond donors (Lipinski definition) is 1. The average molecular weight is 256 g/mol. The number of carbonyl (C=O) groups is 1. The number of anilines is 1. The lowest BCUT2D eigenvalue weighted by molar-refractivity contribution is -0.116. The molecule has 19 heavy (non-hydrogen) atoms. The molecule has 0 aliphatic carbocycles. The van der Waals surface area contributed by atoms with Gasteiger partial charge in [-0.15, -0.1) is 0 Å². The highest BCUT2D eigenvalue weighted by Gasteiger charge is 2.07. The molecule has 1 aromatic carbocycles. The van der Waals surface area contributed by atoms with Gasteiger partial charge in [-0.2, -0.15) is 5.26 Å². The molecular weight excluding hydrogens is 244 g/mol. The number of carbonyl (C=O) groups excluding carboxylic acids is 1. The molecule has 0 radical (unpaired) electrons. The predicted octanol–water partition coefficient (Wildman–Crippen LogP) is 1.40. The van der Waals surface area contributed by atoms with Gasteiger partial charge >= 0.3 is 0 Å². The van der Waals surface area contributed by atoms with E-state index in [1.807, 2.05) is 6.07 Å². The van der Waals surface area contributed by atoms with Crippen LogP contribution in [0.3, 0.4) is 0 Å². The number of nitrogens with zero attached hydrogens (tertiary/aromatic N) is 3. The van der Waals surface area contributed by atoms with Crippen molar-refractivity contribution in [3.63, 3.8) is 0 Å². The van der Waals surface area contributed by atoms with Crippen LogP contribution in [-0.4, -0.2) is 22.6 Å². The monoisotopic (exact) mass is 256 g/mol. The Labute approximate surface area is 110 Å². The number of nitrogens with one attached hydrogen (secondary N) is 1. The van der Waals surface area contributed by atoms with Crippen LogP contribution < -0.4 is 10.1 Å². The molecule has 0 bridgehead atoms. The number of imidazole rings is 1. The van der Waals surface area contributed by atoms with Gasteiger partial charge in [-0.3, -0.25) is 4.79 Å². The van der Waals surface area contributed by atoms with Crippen molar-refractivity contribution < 1.29 is 9.53 Å². The first-order valence-corrected chi connectivity index (χ1v) is 5.58. The number of aromatic nitrogens is 2. The molecule has 2 aromatic rings. The van der Waals surface area contributed by atoms with Gasteiger partial charge in [-0.05, 0) is 12.1 Å². The van der Waals surface area contributed by atoms with E-state index in [1.54, 1.807) is 37.6 Å². The SMILES string of the molecule is COc1cccc(NC(=O)Cn2ccnc2C#N)c1. The number of benzene rings is 1. The molecule has 0 spiro atoms. The number of rotatable bonds is 4. The Balaban J connectivity index is 2.03. The minimum absolute atomic E-state index is 0.0418. The Morgan fingerprint density at radius 3 is 3.16 bits per heavy atom. The molecule has 6 heteroatoms. The summed E-state index contributed by atoms with van der Waals surface area (Å²) in [6.45, 7) is 0.0418. The van der Waals surface area contributed by atoms with Crippen LogP contribution in [0.25, 0.3) is 0 Å². The molecule has 1 amide bonds. The van der Waals surface area contributed by atoms with Crippen molar-refractivity contribution in [2.45, 2.75) is 6.54 Å². The molecule has 0 saturated carbocycles. The molecule has 96 valence electrons. The van der Waals surface area contributed by atoms with Gasteiger partial charge in [-0.1, -0.05) is 6.07 Å². The van der Waals surface area contributed by atoms with Gasteiger partial charge in [-0.25, -0.2) is 4.98 Å². The van der Waals surface area contributed by atoms with Gasteiger partial charge < -0.3 is 14.6 Å². The predicted molar refractivity (Wildman–Crippen MR) is 68.6 cm³/mol. The fraction of sp³-hybridized carbons (Fsp3) is 0.154. The second-order valence-corrected chi connectivity index (χ2v) is 3.77. The van der Waals surface area contributed by atoms with Gasteiger partial charge in [0.15, 0.2) is 0 Å². The summed E-state index contributed by atoms with van der Waals surface area (Å²) in [6, 6.07) is 8.97. The van der Waals surface area contributed by atoms with Crippen LogP contribution in [0.15, 0.2) is 36.7 Å². The number of nitriles is 1. The largest absolute Gasteiger partial charge is 0.497 e. The highest BCUT2D eigenvalue weighted by molar-refractivity contribution is 5.90. The molecule has 0 saturated heterocycles. The first-order chi connectivity index (χ1) is 9.22. The molecule has 0 aliphatic rings. The molecule has 2 rings (SSSR count). The molecule has 0 atom stereocenters. The Morgan fingerprint density at radius 2 is 2.42 bits per heavy atom. The summed E-state index contributed by atoms with van der Waals surface area (Å²) in [7, 11) is 1.56. The Bertz CT molecular complexity index is 628.